The lowest BCUT2D eigenvalue weighted by Gasteiger charge is -2.06. The molecule has 2 aromatic rings. The highest BCUT2D eigenvalue weighted by molar-refractivity contribution is 7.98. The molecule has 2 N–H and O–H groups in total. The summed E-state index contributed by atoms with van der Waals surface area (Å²) in [5, 5.41) is 3.85. The Morgan fingerprint density at radius 3 is 2.88 bits per heavy atom. The Balaban J connectivity index is 2.07. The highest BCUT2D eigenvalue weighted by Gasteiger charge is 2.05. The maximum absolute atomic E-state index is 5.98. The highest BCUT2D eigenvalue weighted by Crippen LogP contribution is 2.30. The van der Waals surface area contributed by atoms with Crippen LogP contribution in [0.5, 0.6) is 0 Å². The van der Waals surface area contributed by atoms with Crippen LogP contribution in [0, 0.1) is 13.8 Å². The molecule has 0 spiro atoms. The summed E-state index contributed by atoms with van der Waals surface area (Å²) in [6, 6.07) is 7.99. The van der Waals surface area contributed by atoms with Gasteiger partial charge in [-0.15, -0.1) is 11.8 Å². The Kier molecular flexibility index (Phi) is 3.19. The molecule has 0 fully saturated rings. The predicted molar refractivity (Wildman–Crippen MR) is 66.4 cm³/mol. The zero-order valence-electron chi connectivity index (χ0n) is 9.36. The third kappa shape index (κ3) is 2.39. The smallest absolute Gasteiger partial charge is 0.147 e. The van der Waals surface area contributed by atoms with Gasteiger partial charge in [0.2, 0.25) is 0 Å². The number of aryl methyl sites for hydroxylation is 2. The average molecular weight is 234 g/mol. The Morgan fingerprint density at radius 1 is 1.38 bits per heavy atom. The van der Waals surface area contributed by atoms with Gasteiger partial charge in [-0.05, 0) is 25.5 Å². The molecule has 2 rings (SSSR count). The number of nitrogens with zero attached hydrogens (tertiary/aromatic N) is 1. The summed E-state index contributed by atoms with van der Waals surface area (Å²) in [7, 11) is 0. The van der Waals surface area contributed by atoms with E-state index in [-0.39, 0.29) is 0 Å². The Morgan fingerprint density at radius 2 is 2.19 bits per heavy atom. The molecule has 84 valence electrons. The van der Waals surface area contributed by atoms with Crippen LogP contribution in [0.1, 0.15) is 17.0 Å². The molecule has 0 saturated carbocycles. The molecule has 0 aliphatic carbocycles. The van der Waals surface area contributed by atoms with Gasteiger partial charge in [-0.3, -0.25) is 0 Å². The van der Waals surface area contributed by atoms with Gasteiger partial charge in [-0.2, -0.15) is 0 Å². The van der Waals surface area contributed by atoms with Crippen LogP contribution in [0.25, 0.3) is 0 Å². The maximum atomic E-state index is 5.98. The highest BCUT2D eigenvalue weighted by atomic mass is 32.2. The number of thioether (sulfide) groups is 1. The van der Waals surface area contributed by atoms with E-state index >= 15 is 0 Å². The van der Waals surface area contributed by atoms with Gasteiger partial charge in [0.15, 0.2) is 0 Å². The lowest BCUT2D eigenvalue weighted by atomic mass is 10.2. The standard InChI is InChI=1S/C12H14N2OS/c1-8-4-3-5-11(12(8)13)16-7-10-6-9(2)14-15-10/h3-6H,7,13H2,1-2H3. The van der Waals surface area contributed by atoms with Gasteiger partial charge < -0.3 is 10.3 Å². The summed E-state index contributed by atoms with van der Waals surface area (Å²) >= 11 is 1.67. The number of nitrogen functional groups attached to an aromatic ring is 1. The van der Waals surface area contributed by atoms with Crippen molar-refractivity contribution in [3.8, 4) is 0 Å². The first-order chi connectivity index (χ1) is 7.66. The van der Waals surface area contributed by atoms with E-state index < -0.39 is 0 Å². The number of para-hydroxylation sites is 1. The van der Waals surface area contributed by atoms with Crippen molar-refractivity contribution in [2.24, 2.45) is 0 Å². The molecule has 0 radical (unpaired) electrons. The quantitative estimate of drug-likeness (QED) is 0.654. The van der Waals surface area contributed by atoms with Crippen LogP contribution in [-0.4, -0.2) is 5.16 Å². The van der Waals surface area contributed by atoms with Crippen molar-refractivity contribution < 1.29 is 4.52 Å². The van der Waals surface area contributed by atoms with Gasteiger partial charge in [-0.25, -0.2) is 0 Å². The van der Waals surface area contributed by atoms with Gasteiger partial charge in [0.25, 0.3) is 0 Å². The fraction of sp³-hybridized carbons (Fsp3) is 0.250. The molecule has 0 bridgehead atoms. The molecule has 0 saturated heterocycles. The van der Waals surface area contributed by atoms with Crippen molar-refractivity contribution in [1.29, 1.82) is 0 Å². The van der Waals surface area contributed by atoms with E-state index in [4.69, 9.17) is 10.3 Å². The first-order valence-corrected chi connectivity index (χ1v) is 6.05. The van der Waals surface area contributed by atoms with E-state index in [2.05, 4.69) is 5.16 Å². The lowest BCUT2D eigenvalue weighted by molar-refractivity contribution is 0.391. The molecular weight excluding hydrogens is 220 g/mol. The topological polar surface area (TPSA) is 52.0 Å². The Labute approximate surface area is 99.0 Å². The molecule has 1 heterocycles. The zero-order valence-corrected chi connectivity index (χ0v) is 10.2. The largest absolute Gasteiger partial charge is 0.398 e. The normalized spacial score (nSPS) is 10.6. The summed E-state index contributed by atoms with van der Waals surface area (Å²) in [6.45, 7) is 3.93. The number of aromatic nitrogens is 1. The number of benzene rings is 1. The minimum absolute atomic E-state index is 0.758. The van der Waals surface area contributed by atoms with Gasteiger partial charge in [-0.1, -0.05) is 17.3 Å². The molecule has 4 heteroatoms. The Hall–Kier alpha value is -1.42. The molecule has 0 amide bonds. The van der Waals surface area contributed by atoms with Crippen molar-refractivity contribution >= 4 is 17.4 Å². The molecule has 0 unspecified atom stereocenters. The van der Waals surface area contributed by atoms with Crippen molar-refractivity contribution in [2.45, 2.75) is 24.5 Å². The van der Waals surface area contributed by atoms with E-state index in [0.717, 1.165) is 33.4 Å². The SMILES string of the molecule is Cc1cc(CSc2cccc(C)c2N)on1. The number of hydrogen-bond acceptors (Lipinski definition) is 4. The molecule has 1 aromatic heterocycles. The van der Waals surface area contributed by atoms with Crippen molar-refractivity contribution in [2.75, 3.05) is 5.73 Å². The summed E-state index contributed by atoms with van der Waals surface area (Å²) in [4.78, 5) is 1.09. The van der Waals surface area contributed by atoms with Crippen molar-refractivity contribution in [3.05, 3.63) is 41.3 Å². The van der Waals surface area contributed by atoms with Crippen molar-refractivity contribution in [1.82, 2.24) is 5.16 Å². The molecular formula is C12H14N2OS. The van der Waals surface area contributed by atoms with E-state index in [0.29, 0.717) is 0 Å². The second-order valence-electron chi connectivity index (χ2n) is 3.71. The number of rotatable bonds is 3. The van der Waals surface area contributed by atoms with Crippen LogP contribution in [0.4, 0.5) is 5.69 Å². The zero-order chi connectivity index (χ0) is 11.5. The molecule has 0 atom stereocenters. The Bertz CT molecular complexity index is 494. The fourth-order valence-electron chi connectivity index (χ4n) is 1.41. The molecule has 1 aromatic carbocycles. The second kappa shape index (κ2) is 4.61. The van der Waals surface area contributed by atoms with Gasteiger partial charge in [0.05, 0.1) is 11.4 Å². The lowest BCUT2D eigenvalue weighted by Crippen LogP contribution is -1.92. The molecule has 3 nitrogen and oxygen atoms in total. The maximum Gasteiger partial charge on any atom is 0.147 e. The van der Waals surface area contributed by atoms with Crippen LogP contribution in [0.3, 0.4) is 0 Å². The number of hydrogen-bond donors (Lipinski definition) is 1. The first kappa shape index (κ1) is 11.1. The van der Waals surface area contributed by atoms with E-state index in [1.807, 2.05) is 38.1 Å². The minimum Gasteiger partial charge on any atom is -0.398 e. The van der Waals surface area contributed by atoms with Crippen LogP contribution >= 0.6 is 11.8 Å². The summed E-state index contributed by atoms with van der Waals surface area (Å²) in [6.07, 6.45) is 0. The van der Waals surface area contributed by atoms with Crippen LogP contribution < -0.4 is 5.73 Å². The number of nitrogens with two attached hydrogens (primary N) is 1. The third-order valence-corrected chi connectivity index (χ3v) is 3.43. The summed E-state index contributed by atoms with van der Waals surface area (Å²) in [5.41, 5.74) is 8.86. The van der Waals surface area contributed by atoms with E-state index in [1.165, 1.54) is 0 Å². The minimum atomic E-state index is 0.758. The van der Waals surface area contributed by atoms with Crippen molar-refractivity contribution in [3.63, 3.8) is 0 Å². The first-order valence-electron chi connectivity index (χ1n) is 5.07. The van der Waals surface area contributed by atoms with Crippen LogP contribution in [0.15, 0.2) is 33.7 Å². The second-order valence-corrected chi connectivity index (χ2v) is 4.73. The van der Waals surface area contributed by atoms with E-state index in [9.17, 15) is 0 Å². The average Bonchev–Trinajstić information content (AvgIpc) is 2.67. The third-order valence-electron chi connectivity index (χ3n) is 2.33. The van der Waals surface area contributed by atoms with E-state index in [1.54, 1.807) is 11.8 Å². The summed E-state index contributed by atoms with van der Waals surface area (Å²) < 4.78 is 5.14. The van der Waals surface area contributed by atoms with Gasteiger partial charge >= 0.3 is 0 Å². The summed E-state index contributed by atoms with van der Waals surface area (Å²) in [5.74, 6) is 1.64. The van der Waals surface area contributed by atoms with Gasteiger partial charge in [0.1, 0.15) is 5.76 Å². The van der Waals surface area contributed by atoms with Gasteiger partial charge in [0, 0.05) is 16.6 Å². The molecule has 0 aliphatic rings. The fourth-order valence-corrected chi connectivity index (χ4v) is 2.34. The van der Waals surface area contributed by atoms with Crippen LogP contribution in [0.2, 0.25) is 0 Å². The van der Waals surface area contributed by atoms with Crippen LogP contribution in [-0.2, 0) is 5.75 Å². The number of anilines is 1. The molecule has 16 heavy (non-hydrogen) atoms. The predicted octanol–water partition coefficient (Wildman–Crippen LogP) is 3.17. The molecule has 0 aliphatic heterocycles. The monoisotopic (exact) mass is 234 g/mol.